The summed E-state index contributed by atoms with van der Waals surface area (Å²) in [6.07, 6.45) is 17.8. The molecular formula is C32H58O8Sn. The van der Waals surface area contributed by atoms with Crippen molar-refractivity contribution in [2.75, 3.05) is 13.2 Å². The van der Waals surface area contributed by atoms with E-state index in [1.54, 1.807) is 8.87 Å². The third-order valence-electron chi connectivity index (χ3n) is 6.15. The first kappa shape index (κ1) is 43.6. The molecule has 0 aromatic heterocycles. The summed E-state index contributed by atoms with van der Waals surface area (Å²) in [6.45, 7) is 13.7. The second-order valence-corrected chi connectivity index (χ2v) is 14.2. The van der Waals surface area contributed by atoms with E-state index in [1.165, 1.54) is 25.7 Å². The van der Waals surface area contributed by atoms with Gasteiger partial charge in [0.2, 0.25) is 0 Å². The molecule has 2 unspecified atom stereocenters. The van der Waals surface area contributed by atoms with Crippen LogP contribution in [0.2, 0.25) is 8.87 Å². The Bertz CT molecular complexity index is 648. The Morgan fingerprint density at radius 1 is 0.585 bits per heavy atom. The van der Waals surface area contributed by atoms with Gasteiger partial charge in [0.15, 0.2) is 0 Å². The number of carboxylic acids is 2. The van der Waals surface area contributed by atoms with Crippen molar-refractivity contribution in [2.24, 2.45) is 11.8 Å². The number of unbranched alkanes of at least 4 members (excludes halogenated alkanes) is 4. The number of carbonyl (C=O) groups is 4. The normalized spacial score (nSPS) is 12.0. The molecule has 0 rings (SSSR count). The van der Waals surface area contributed by atoms with Crippen LogP contribution in [0, 0.1) is 11.8 Å². The van der Waals surface area contributed by atoms with E-state index in [4.69, 9.17) is 19.7 Å². The molecule has 41 heavy (non-hydrogen) atoms. The van der Waals surface area contributed by atoms with Gasteiger partial charge in [0.1, 0.15) is 0 Å². The van der Waals surface area contributed by atoms with Crippen LogP contribution in [0.15, 0.2) is 24.3 Å². The maximum absolute atomic E-state index is 11.1. The van der Waals surface area contributed by atoms with Gasteiger partial charge in [-0.05, 0) is 24.7 Å². The molecule has 0 aromatic rings. The second kappa shape index (κ2) is 34.4. The van der Waals surface area contributed by atoms with E-state index in [-0.39, 0.29) is 21.1 Å². The van der Waals surface area contributed by atoms with Gasteiger partial charge in [-0.15, -0.1) is 0 Å². The van der Waals surface area contributed by atoms with Gasteiger partial charge in [-0.2, -0.15) is 0 Å². The zero-order chi connectivity index (χ0) is 31.7. The van der Waals surface area contributed by atoms with Crippen LogP contribution in [0.4, 0.5) is 0 Å². The standard InChI is InChI=1S/2C12H20O4.2C4H9.Sn/c2*1-3-5-6-10(4-2)9-16-12(15)8-7-11(13)14;2*1-3-4-2;/h2*7-8,10H,3-6,9H2,1-2H3,(H,13,14);2*1,3-4H2,2H3;/b2*8-7-;;;. The van der Waals surface area contributed by atoms with E-state index in [0.29, 0.717) is 25.0 Å². The number of ether oxygens (including phenoxy) is 2. The number of aliphatic carboxylic acids is 2. The molecule has 0 aliphatic heterocycles. The Hall–Kier alpha value is -1.84. The average Bonchev–Trinajstić information content (AvgIpc) is 2.95. The molecule has 0 heterocycles. The Morgan fingerprint density at radius 2 is 0.927 bits per heavy atom. The molecule has 0 aliphatic rings. The first-order chi connectivity index (χ1) is 19.6. The van der Waals surface area contributed by atoms with E-state index in [1.807, 2.05) is 0 Å². The summed E-state index contributed by atoms with van der Waals surface area (Å²) in [5.74, 6) is -2.70. The van der Waals surface area contributed by atoms with Crippen molar-refractivity contribution < 1.29 is 38.9 Å². The van der Waals surface area contributed by atoms with Gasteiger partial charge in [-0.3, -0.25) is 0 Å². The van der Waals surface area contributed by atoms with Crippen molar-refractivity contribution in [1.82, 2.24) is 0 Å². The summed E-state index contributed by atoms with van der Waals surface area (Å²) in [7, 11) is 0. The van der Waals surface area contributed by atoms with E-state index in [2.05, 4.69) is 41.5 Å². The van der Waals surface area contributed by atoms with Crippen LogP contribution in [0.5, 0.6) is 0 Å². The molecule has 8 nitrogen and oxygen atoms in total. The Kier molecular flexibility index (Phi) is 36.5. The van der Waals surface area contributed by atoms with Gasteiger partial charge in [-0.1, -0.05) is 66.2 Å². The molecule has 9 heteroatoms. The van der Waals surface area contributed by atoms with Crippen molar-refractivity contribution in [1.29, 1.82) is 0 Å². The second-order valence-electron chi connectivity index (χ2n) is 9.89. The quantitative estimate of drug-likeness (QED) is 0.0509. The third kappa shape index (κ3) is 38.2. The Morgan fingerprint density at radius 3 is 1.20 bits per heavy atom. The van der Waals surface area contributed by atoms with E-state index in [0.717, 1.165) is 75.7 Å². The zero-order valence-electron chi connectivity index (χ0n) is 26.6. The van der Waals surface area contributed by atoms with Crippen molar-refractivity contribution in [3.63, 3.8) is 0 Å². The summed E-state index contributed by atoms with van der Waals surface area (Å²) in [5.41, 5.74) is 0. The fraction of sp³-hybridized carbons (Fsp3) is 0.750. The van der Waals surface area contributed by atoms with Crippen LogP contribution in [0.3, 0.4) is 0 Å². The van der Waals surface area contributed by atoms with Crippen LogP contribution in [0.25, 0.3) is 0 Å². The molecule has 2 N–H and O–H groups in total. The maximum atomic E-state index is 11.1. The number of carboxylic acid groups (broad SMARTS) is 2. The van der Waals surface area contributed by atoms with Crippen LogP contribution in [0.1, 0.15) is 119 Å². The van der Waals surface area contributed by atoms with Crippen molar-refractivity contribution in [2.45, 2.75) is 127 Å². The Labute approximate surface area is 259 Å². The minimum absolute atomic E-state index is 0.149. The summed E-state index contributed by atoms with van der Waals surface area (Å²) in [4.78, 5) is 42.4. The number of esters is 2. The van der Waals surface area contributed by atoms with Crippen LogP contribution >= 0.6 is 0 Å². The molecular weight excluding hydrogens is 631 g/mol. The first-order valence-corrected chi connectivity index (χ1v) is 19.5. The fourth-order valence-electron chi connectivity index (χ4n) is 3.30. The topological polar surface area (TPSA) is 127 Å². The molecule has 0 fully saturated rings. The third-order valence-corrected chi connectivity index (χ3v) is 10.2. The fourth-order valence-corrected chi connectivity index (χ4v) is 7.46. The Balaban J connectivity index is -0.000000551. The van der Waals surface area contributed by atoms with E-state index in [9.17, 15) is 19.2 Å². The molecule has 0 amide bonds. The molecule has 0 aliphatic carbocycles. The van der Waals surface area contributed by atoms with E-state index < -0.39 is 23.9 Å². The SMILES string of the molecule is CCCCC(CC)COC(=O)/C=C\C(=O)O.CCCCC(CC)COC(=O)/C=C\C(=O)O.CCC[CH2][Sn][CH2]CCC. The monoisotopic (exact) mass is 690 g/mol. The molecule has 0 bridgehead atoms. The van der Waals surface area contributed by atoms with Gasteiger partial charge >= 0.3 is 93.4 Å². The van der Waals surface area contributed by atoms with Crippen molar-refractivity contribution in [3.8, 4) is 0 Å². The summed E-state index contributed by atoms with van der Waals surface area (Å²) >= 11 is 0.149. The van der Waals surface area contributed by atoms with Gasteiger partial charge < -0.3 is 19.7 Å². The number of hydrogen-bond acceptors (Lipinski definition) is 6. The van der Waals surface area contributed by atoms with Crippen molar-refractivity contribution >= 4 is 45.0 Å². The van der Waals surface area contributed by atoms with Gasteiger partial charge in [0.25, 0.3) is 0 Å². The van der Waals surface area contributed by atoms with Crippen LogP contribution in [-0.4, -0.2) is 68.4 Å². The first-order valence-electron chi connectivity index (χ1n) is 15.5. The summed E-state index contributed by atoms with van der Waals surface area (Å²) < 4.78 is 13.2. The minimum atomic E-state index is -1.14. The van der Waals surface area contributed by atoms with E-state index >= 15 is 0 Å². The van der Waals surface area contributed by atoms with Gasteiger partial charge in [-0.25, -0.2) is 19.2 Å². The average molecular weight is 690 g/mol. The molecule has 238 valence electrons. The predicted molar refractivity (Wildman–Crippen MR) is 167 cm³/mol. The number of hydrogen-bond donors (Lipinski definition) is 2. The summed E-state index contributed by atoms with van der Waals surface area (Å²) in [5, 5.41) is 16.6. The molecule has 0 aromatic carbocycles. The molecule has 0 spiro atoms. The number of rotatable bonds is 22. The molecule has 2 atom stereocenters. The van der Waals surface area contributed by atoms with Crippen LogP contribution in [-0.2, 0) is 28.7 Å². The zero-order valence-corrected chi connectivity index (χ0v) is 29.5. The predicted octanol–water partition coefficient (Wildman–Crippen LogP) is 7.90. The van der Waals surface area contributed by atoms with Crippen LogP contribution < -0.4 is 0 Å². The molecule has 0 saturated heterocycles. The van der Waals surface area contributed by atoms with Gasteiger partial charge in [0, 0.05) is 24.3 Å². The van der Waals surface area contributed by atoms with Crippen molar-refractivity contribution in [3.05, 3.63) is 24.3 Å². The summed E-state index contributed by atoms with van der Waals surface area (Å²) in [6, 6.07) is 0. The molecule has 0 saturated carbocycles. The molecule has 2 radical (unpaired) electrons. The van der Waals surface area contributed by atoms with Gasteiger partial charge in [0.05, 0.1) is 13.2 Å². The number of carbonyl (C=O) groups excluding carboxylic acids is 2.